The maximum atomic E-state index is 12.6. The molecule has 10 nitrogen and oxygen atoms in total. The van der Waals surface area contributed by atoms with E-state index in [9.17, 15) is 4.79 Å². The molecule has 0 unspecified atom stereocenters. The van der Waals surface area contributed by atoms with Gasteiger partial charge in [-0.3, -0.25) is 4.79 Å². The molecule has 1 aliphatic carbocycles. The van der Waals surface area contributed by atoms with Gasteiger partial charge in [-0.25, -0.2) is 9.97 Å². The Kier molecular flexibility index (Phi) is 5.25. The van der Waals surface area contributed by atoms with E-state index in [1.165, 1.54) is 24.7 Å². The first kappa shape index (κ1) is 20.7. The Hall–Kier alpha value is -4.21. The van der Waals surface area contributed by atoms with Gasteiger partial charge >= 0.3 is 0 Å². The van der Waals surface area contributed by atoms with Gasteiger partial charge in [-0.05, 0) is 37.0 Å². The third kappa shape index (κ3) is 3.69. The summed E-state index contributed by atoms with van der Waals surface area (Å²) in [6, 6.07) is 9.03. The van der Waals surface area contributed by atoms with Crippen molar-refractivity contribution in [3.05, 3.63) is 53.5 Å². The highest BCUT2D eigenvalue weighted by Gasteiger charge is 2.25. The van der Waals surface area contributed by atoms with Crippen LogP contribution in [0.25, 0.3) is 16.7 Å². The van der Waals surface area contributed by atoms with E-state index in [0.717, 1.165) is 41.5 Å². The molecular weight excluding hydrogens is 422 g/mol. The molecule has 1 aromatic carbocycles. The van der Waals surface area contributed by atoms with E-state index in [1.54, 1.807) is 19.2 Å². The Bertz CT molecular complexity index is 1350. The van der Waals surface area contributed by atoms with E-state index in [0.29, 0.717) is 23.3 Å². The Morgan fingerprint density at radius 3 is 2.76 bits per heavy atom. The lowest BCUT2D eigenvalue weighted by Crippen LogP contribution is -2.16. The summed E-state index contributed by atoms with van der Waals surface area (Å²) in [6.45, 7) is 0. The lowest BCUT2D eigenvalue weighted by Gasteiger charge is -2.14. The molecule has 3 aromatic heterocycles. The predicted octanol–water partition coefficient (Wildman–Crippen LogP) is 2.48. The maximum Gasteiger partial charge on any atom is 0.233 e. The zero-order chi connectivity index (χ0) is 22.9. The van der Waals surface area contributed by atoms with Gasteiger partial charge < -0.3 is 25.1 Å². The largest absolute Gasteiger partial charge is 0.496 e. The van der Waals surface area contributed by atoms with Gasteiger partial charge in [-0.2, -0.15) is 0 Å². The number of aromatic nitrogens is 5. The summed E-state index contributed by atoms with van der Waals surface area (Å²) in [5.74, 6) is 1.54. The summed E-state index contributed by atoms with van der Waals surface area (Å²) in [5.41, 5.74) is 12.0. The maximum absolute atomic E-state index is 12.6. The molecule has 1 aliphatic rings. The number of benzene rings is 1. The summed E-state index contributed by atoms with van der Waals surface area (Å²) >= 11 is 0. The van der Waals surface area contributed by atoms with Crippen molar-refractivity contribution in [2.24, 2.45) is 0 Å². The molecule has 5 rings (SSSR count). The van der Waals surface area contributed by atoms with Gasteiger partial charge in [0, 0.05) is 29.1 Å². The molecule has 0 saturated carbocycles. The number of nitrogens with two attached hydrogens (primary N) is 1. The Morgan fingerprint density at radius 1 is 1.12 bits per heavy atom. The minimum atomic E-state index is -0.231. The van der Waals surface area contributed by atoms with Gasteiger partial charge in [-0.15, -0.1) is 10.2 Å². The van der Waals surface area contributed by atoms with Crippen LogP contribution in [0.3, 0.4) is 0 Å². The Balaban J connectivity index is 1.45. The molecule has 0 bridgehead atoms. The van der Waals surface area contributed by atoms with Crippen LogP contribution in [0.1, 0.15) is 23.2 Å². The minimum Gasteiger partial charge on any atom is -0.496 e. The second-order valence-corrected chi connectivity index (χ2v) is 7.75. The van der Waals surface area contributed by atoms with Gasteiger partial charge in [0.1, 0.15) is 17.6 Å². The highest BCUT2D eigenvalue weighted by atomic mass is 16.5. The number of nitrogen functional groups attached to an aromatic ring is 1. The van der Waals surface area contributed by atoms with Gasteiger partial charge in [0.2, 0.25) is 11.8 Å². The molecule has 1 amide bonds. The molecular formula is C23H23N7O3. The zero-order valence-corrected chi connectivity index (χ0v) is 18.3. The molecule has 4 aromatic rings. The van der Waals surface area contributed by atoms with Crippen molar-refractivity contribution in [3.8, 4) is 17.3 Å². The first-order valence-corrected chi connectivity index (χ1v) is 10.6. The van der Waals surface area contributed by atoms with Crippen molar-refractivity contribution < 1.29 is 14.3 Å². The number of anilines is 2. The highest BCUT2D eigenvalue weighted by molar-refractivity contribution is 5.93. The molecule has 0 radical (unpaired) electrons. The quantitative estimate of drug-likeness (QED) is 0.463. The van der Waals surface area contributed by atoms with Gasteiger partial charge in [0.25, 0.3) is 0 Å². The van der Waals surface area contributed by atoms with E-state index in [-0.39, 0.29) is 12.3 Å². The van der Waals surface area contributed by atoms with Crippen LogP contribution in [0.15, 0.2) is 36.7 Å². The Labute approximate surface area is 189 Å². The fraction of sp³-hybridized carbons (Fsp3) is 0.261. The fourth-order valence-corrected chi connectivity index (χ4v) is 4.36. The average molecular weight is 445 g/mol. The van der Waals surface area contributed by atoms with Crippen LogP contribution in [0.4, 0.5) is 11.6 Å². The first-order valence-electron chi connectivity index (χ1n) is 10.6. The number of hydrogen-bond acceptors (Lipinski definition) is 8. The normalized spacial score (nSPS) is 12.5. The monoisotopic (exact) mass is 445 g/mol. The van der Waals surface area contributed by atoms with E-state index in [4.69, 9.17) is 15.2 Å². The standard InChI is InChI=1S/C23H23N7O3/c1-32-17-11-14(30-16-5-3-4-15(16)21-22(30)23(24)26-12-25-21)7-6-13(17)10-19(31)27-18-8-9-20(33-2)29-28-18/h6-9,11-12H,3-5,10H2,1-2H3,(H2,24,25,26)(H,27,28,31). The molecule has 0 aliphatic heterocycles. The number of hydrogen-bond donors (Lipinski definition) is 2. The SMILES string of the molecule is COc1ccc(NC(=O)Cc2ccc(-n3c4c(c5ncnc(N)c53)CCC4)cc2OC)nn1. The molecule has 0 fully saturated rings. The number of nitrogens with one attached hydrogen (secondary N) is 1. The van der Waals surface area contributed by atoms with E-state index < -0.39 is 0 Å². The topological polar surface area (TPSA) is 130 Å². The number of ether oxygens (including phenoxy) is 2. The number of aryl methyl sites for hydroxylation is 1. The molecule has 0 atom stereocenters. The molecule has 168 valence electrons. The number of carbonyl (C=O) groups is 1. The number of amides is 1. The first-order chi connectivity index (χ1) is 16.1. The molecule has 10 heteroatoms. The van der Waals surface area contributed by atoms with Crippen LogP contribution in [-0.2, 0) is 24.1 Å². The second-order valence-electron chi connectivity index (χ2n) is 7.75. The van der Waals surface area contributed by atoms with Crippen molar-refractivity contribution in [3.63, 3.8) is 0 Å². The van der Waals surface area contributed by atoms with Crippen molar-refractivity contribution in [1.29, 1.82) is 0 Å². The van der Waals surface area contributed by atoms with Crippen LogP contribution in [0.5, 0.6) is 11.6 Å². The molecule has 33 heavy (non-hydrogen) atoms. The minimum absolute atomic E-state index is 0.118. The third-order valence-electron chi connectivity index (χ3n) is 5.82. The molecule has 0 saturated heterocycles. The average Bonchev–Trinajstić information content (AvgIpc) is 3.42. The highest BCUT2D eigenvalue weighted by Crippen LogP contribution is 2.37. The van der Waals surface area contributed by atoms with Gasteiger partial charge in [0.15, 0.2) is 11.6 Å². The third-order valence-corrected chi connectivity index (χ3v) is 5.82. The number of fused-ring (bicyclic) bond motifs is 3. The molecule has 3 heterocycles. The summed E-state index contributed by atoms with van der Waals surface area (Å²) in [7, 11) is 3.09. The zero-order valence-electron chi connectivity index (χ0n) is 18.3. The van der Waals surface area contributed by atoms with Crippen molar-refractivity contribution >= 4 is 28.6 Å². The van der Waals surface area contributed by atoms with Crippen molar-refractivity contribution in [2.45, 2.75) is 25.7 Å². The van der Waals surface area contributed by atoms with E-state index in [2.05, 4.69) is 30.0 Å². The lowest BCUT2D eigenvalue weighted by atomic mass is 10.1. The smallest absolute Gasteiger partial charge is 0.233 e. The van der Waals surface area contributed by atoms with E-state index in [1.807, 2.05) is 18.2 Å². The predicted molar refractivity (Wildman–Crippen MR) is 123 cm³/mol. The van der Waals surface area contributed by atoms with Gasteiger partial charge in [-0.1, -0.05) is 6.07 Å². The van der Waals surface area contributed by atoms with Crippen LogP contribution in [-0.4, -0.2) is 44.9 Å². The van der Waals surface area contributed by atoms with Crippen molar-refractivity contribution in [2.75, 3.05) is 25.3 Å². The lowest BCUT2D eigenvalue weighted by molar-refractivity contribution is -0.115. The van der Waals surface area contributed by atoms with Crippen LogP contribution in [0.2, 0.25) is 0 Å². The summed E-state index contributed by atoms with van der Waals surface area (Å²) in [4.78, 5) is 21.3. The van der Waals surface area contributed by atoms with E-state index >= 15 is 0 Å². The van der Waals surface area contributed by atoms with Gasteiger partial charge in [0.05, 0.1) is 26.2 Å². The molecule has 3 N–H and O–H groups in total. The number of nitrogens with zero attached hydrogens (tertiary/aromatic N) is 5. The Morgan fingerprint density at radius 2 is 2.00 bits per heavy atom. The second kappa shape index (κ2) is 8.38. The summed E-state index contributed by atoms with van der Waals surface area (Å²) in [6.07, 6.45) is 4.62. The fourth-order valence-electron chi connectivity index (χ4n) is 4.36. The summed E-state index contributed by atoms with van der Waals surface area (Å²) in [5, 5.41) is 10.5. The van der Waals surface area contributed by atoms with Crippen molar-refractivity contribution in [1.82, 2.24) is 24.7 Å². The van der Waals surface area contributed by atoms with Crippen LogP contribution in [0, 0.1) is 0 Å². The number of rotatable bonds is 6. The number of carbonyl (C=O) groups excluding carboxylic acids is 1. The number of methoxy groups -OCH3 is 2. The summed E-state index contributed by atoms with van der Waals surface area (Å²) < 4.78 is 12.7. The van der Waals surface area contributed by atoms with Crippen LogP contribution >= 0.6 is 0 Å². The van der Waals surface area contributed by atoms with Crippen LogP contribution < -0.4 is 20.5 Å². The molecule has 0 spiro atoms.